The van der Waals surface area contributed by atoms with Crippen LogP contribution in [0, 0.1) is 0 Å². The van der Waals surface area contributed by atoms with Crippen LogP contribution in [0.2, 0.25) is 0 Å². The number of carbonyl (C=O) groups excluding carboxylic acids is 3. The second kappa shape index (κ2) is 13.0. The van der Waals surface area contributed by atoms with Gasteiger partial charge in [0.1, 0.15) is 11.6 Å². The second-order valence-electron chi connectivity index (χ2n) is 10.3. The number of likely N-dealkylation sites (tertiary alicyclic amines) is 1. The summed E-state index contributed by atoms with van der Waals surface area (Å²) in [4.78, 5) is 51.3. The summed E-state index contributed by atoms with van der Waals surface area (Å²) in [6.45, 7) is 2.51. The molecule has 1 aliphatic heterocycles. The van der Waals surface area contributed by atoms with Crippen LogP contribution in [0.1, 0.15) is 48.0 Å². The van der Waals surface area contributed by atoms with E-state index in [0.29, 0.717) is 50.2 Å². The zero-order chi connectivity index (χ0) is 28.7. The van der Waals surface area contributed by atoms with Gasteiger partial charge in [-0.2, -0.15) is 0 Å². The van der Waals surface area contributed by atoms with Crippen LogP contribution in [-0.2, 0) is 16.0 Å². The van der Waals surface area contributed by atoms with Crippen molar-refractivity contribution in [2.24, 2.45) is 16.5 Å². The van der Waals surface area contributed by atoms with Gasteiger partial charge in [-0.05, 0) is 63.8 Å². The molecule has 0 unspecified atom stereocenters. The van der Waals surface area contributed by atoms with E-state index in [-0.39, 0.29) is 23.6 Å². The number of nitrogens with two attached hydrogens (primary N) is 2. The lowest BCUT2D eigenvalue weighted by atomic mass is 9.90. The fraction of sp³-hybridized carbons (Fsp3) is 0.414. The number of benzene rings is 2. The van der Waals surface area contributed by atoms with E-state index in [1.807, 2.05) is 54.6 Å². The van der Waals surface area contributed by atoms with E-state index in [1.54, 1.807) is 18.9 Å². The summed E-state index contributed by atoms with van der Waals surface area (Å²) in [7, 11) is 1.75. The van der Waals surface area contributed by atoms with E-state index in [1.165, 1.54) is 11.3 Å². The van der Waals surface area contributed by atoms with Crippen LogP contribution < -0.4 is 22.1 Å². The fourth-order valence-corrected chi connectivity index (χ4v) is 6.14. The molecule has 0 spiro atoms. The minimum Gasteiger partial charge on any atom is -0.370 e. The van der Waals surface area contributed by atoms with E-state index >= 15 is 0 Å². The van der Waals surface area contributed by atoms with Gasteiger partial charge in [-0.1, -0.05) is 42.5 Å². The number of guanidine groups is 1. The molecular formula is C29H37N7O3S. The maximum absolute atomic E-state index is 13.8. The number of hydrogen-bond acceptors (Lipinski definition) is 7. The number of hydrogen-bond donors (Lipinski definition) is 4. The highest BCUT2D eigenvalue weighted by Gasteiger charge is 2.42. The summed E-state index contributed by atoms with van der Waals surface area (Å²) >= 11 is 1.30. The van der Waals surface area contributed by atoms with Crippen LogP contribution in [0.3, 0.4) is 0 Å². The summed E-state index contributed by atoms with van der Waals surface area (Å²) in [5.41, 5.74) is 11.4. The Morgan fingerprint density at radius 2 is 1.88 bits per heavy atom. The number of likely N-dealkylation sites (N-methyl/N-ethyl adjacent to an activating group) is 1. The molecule has 212 valence electrons. The third-order valence-electron chi connectivity index (χ3n) is 7.29. The Morgan fingerprint density at radius 1 is 1.15 bits per heavy atom. The van der Waals surface area contributed by atoms with Crippen molar-refractivity contribution in [1.82, 2.24) is 20.5 Å². The molecule has 3 atom stereocenters. The molecule has 4 rings (SSSR count). The maximum atomic E-state index is 13.8. The molecule has 1 fully saturated rings. The topological polar surface area (TPSA) is 156 Å². The first-order chi connectivity index (χ1) is 19.2. The van der Waals surface area contributed by atoms with Crippen molar-refractivity contribution in [3.8, 4) is 0 Å². The number of aliphatic imine (C=N–C) groups is 1. The Morgan fingerprint density at radius 3 is 2.58 bits per heavy atom. The third-order valence-corrected chi connectivity index (χ3v) is 8.32. The molecule has 0 saturated carbocycles. The molecule has 1 aromatic heterocycles. The van der Waals surface area contributed by atoms with E-state index in [9.17, 15) is 14.4 Å². The van der Waals surface area contributed by atoms with Crippen molar-refractivity contribution in [1.29, 1.82) is 0 Å². The number of carbonyl (C=O) groups is 3. The SMILES string of the molecule is CN[C@H](Cc1ccccc1)C(=O)N1CCC[C@H]1C(=O)N[C@@](C)(CCCN=C(N)N)C(=O)c1nc2ccccc2s1. The van der Waals surface area contributed by atoms with Gasteiger partial charge in [-0.25, -0.2) is 4.98 Å². The monoisotopic (exact) mass is 563 g/mol. The van der Waals surface area contributed by atoms with Crippen LogP contribution in [0.25, 0.3) is 10.2 Å². The highest BCUT2D eigenvalue weighted by Crippen LogP contribution is 2.28. The average molecular weight is 564 g/mol. The number of amides is 2. The molecule has 1 aliphatic rings. The molecule has 10 nitrogen and oxygen atoms in total. The standard InChI is InChI=1S/C29H37N7O3S/c1-29(15-9-16-33-28(30)31,24(37)26-34-20-12-6-7-14-23(20)40-26)35-25(38)22-13-8-17-36(22)27(39)21(32-2)18-19-10-4-3-5-11-19/h3-7,10-12,14,21-22,32H,8-9,13,15-18H2,1-2H3,(H,35,38)(H4,30,31,33)/t21-,22+,29+/m1/s1. The number of nitrogens with zero attached hydrogens (tertiary/aromatic N) is 3. The number of aromatic nitrogens is 1. The molecule has 2 heterocycles. The number of fused-ring (bicyclic) bond motifs is 1. The van der Waals surface area contributed by atoms with Crippen LogP contribution in [0.4, 0.5) is 0 Å². The predicted molar refractivity (Wildman–Crippen MR) is 158 cm³/mol. The highest BCUT2D eigenvalue weighted by molar-refractivity contribution is 7.20. The van der Waals surface area contributed by atoms with Gasteiger partial charge in [0.2, 0.25) is 17.6 Å². The highest BCUT2D eigenvalue weighted by atomic mass is 32.1. The Labute approximate surface area is 238 Å². The van der Waals surface area contributed by atoms with Gasteiger partial charge in [0.25, 0.3) is 0 Å². The zero-order valence-corrected chi connectivity index (χ0v) is 23.7. The van der Waals surface area contributed by atoms with Gasteiger partial charge in [-0.15, -0.1) is 11.3 Å². The largest absolute Gasteiger partial charge is 0.370 e. The van der Waals surface area contributed by atoms with Gasteiger partial charge in [-0.3, -0.25) is 19.4 Å². The quantitative estimate of drug-likeness (QED) is 0.114. The number of nitrogens with one attached hydrogen (secondary N) is 2. The molecule has 3 aromatic rings. The van der Waals surface area contributed by atoms with Crippen LogP contribution in [-0.4, -0.2) is 71.2 Å². The number of Topliss-reactive ketones (excluding diaryl/α,β-unsaturated/α-hetero) is 1. The lowest BCUT2D eigenvalue weighted by Crippen LogP contribution is -2.59. The summed E-state index contributed by atoms with van der Waals surface area (Å²) in [6, 6.07) is 16.2. The summed E-state index contributed by atoms with van der Waals surface area (Å²) in [5.74, 6) is -0.784. The third kappa shape index (κ3) is 6.83. The van der Waals surface area contributed by atoms with Crippen LogP contribution in [0.5, 0.6) is 0 Å². The lowest BCUT2D eigenvalue weighted by molar-refractivity contribution is -0.140. The van der Waals surface area contributed by atoms with Gasteiger partial charge in [0.05, 0.1) is 16.3 Å². The van der Waals surface area contributed by atoms with Gasteiger partial charge >= 0.3 is 0 Å². The fourth-order valence-electron chi connectivity index (χ4n) is 5.10. The molecule has 2 aromatic carbocycles. The summed E-state index contributed by atoms with van der Waals surface area (Å²) in [5, 5.41) is 6.45. The van der Waals surface area contributed by atoms with E-state index in [2.05, 4.69) is 20.6 Å². The van der Waals surface area contributed by atoms with Gasteiger partial charge in [0.15, 0.2) is 11.0 Å². The van der Waals surface area contributed by atoms with Crippen molar-refractivity contribution in [3.05, 3.63) is 65.2 Å². The number of thiazole rings is 1. The first-order valence-corrected chi connectivity index (χ1v) is 14.3. The van der Waals surface area contributed by atoms with E-state index in [4.69, 9.17) is 11.5 Å². The first-order valence-electron chi connectivity index (χ1n) is 13.5. The Balaban J connectivity index is 1.53. The minimum absolute atomic E-state index is 0.0297. The first kappa shape index (κ1) is 29.2. The zero-order valence-electron chi connectivity index (χ0n) is 22.9. The number of rotatable bonds is 12. The van der Waals surface area contributed by atoms with Crippen molar-refractivity contribution in [3.63, 3.8) is 0 Å². The Hall–Kier alpha value is -3.83. The molecule has 1 saturated heterocycles. The molecule has 0 radical (unpaired) electrons. The van der Waals surface area contributed by atoms with Crippen molar-refractivity contribution in [2.75, 3.05) is 20.1 Å². The predicted octanol–water partition coefficient (Wildman–Crippen LogP) is 2.23. The van der Waals surface area contributed by atoms with Crippen molar-refractivity contribution in [2.45, 2.75) is 56.7 Å². The second-order valence-corrected chi connectivity index (χ2v) is 11.3. The molecule has 0 aliphatic carbocycles. The Bertz CT molecular complexity index is 1340. The van der Waals surface area contributed by atoms with Gasteiger partial charge < -0.3 is 27.0 Å². The number of ketones is 1. The van der Waals surface area contributed by atoms with Crippen molar-refractivity contribution >= 4 is 45.1 Å². The van der Waals surface area contributed by atoms with E-state index in [0.717, 1.165) is 15.8 Å². The number of para-hydroxylation sites is 1. The van der Waals surface area contributed by atoms with E-state index < -0.39 is 17.6 Å². The molecule has 11 heteroatoms. The molecular weight excluding hydrogens is 526 g/mol. The van der Waals surface area contributed by atoms with Gasteiger partial charge in [0, 0.05) is 13.1 Å². The maximum Gasteiger partial charge on any atom is 0.243 e. The molecule has 0 bridgehead atoms. The lowest BCUT2D eigenvalue weighted by Gasteiger charge is -2.33. The van der Waals surface area contributed by atoms with Crippen molar-refractivity contribution < 1.29 is 14.4 Å². The Kier molecular flexibility index (Phi) is 9.49. The molecule has 6 N–H and O–H groups in total. The smallest absolute Gasteiger partial charge is 0.243 e. The molecule has 40 heavy (non-hydrogen) atoms. The molecule has 2 amide bonds. The summed E-state index contributed by atoms with van der Waals surface area (Å²) < 4.78 is 0.893. The van der Waals surface area contributed by atoms with Crippen LogP contribution in [0.15, 0.2) is 59.6 Å². The van der Waals surface area contributed by atoms with Crippen LogP contribution >= 0.6 is 11.3 Å². The normalized spacial score (nSPS) is 17.2. The average Bonchev–Trinajstić information content (AvgIpc) is 3.61. The minimum atomic E-state index is -1.26. The summed E-state index contributed by atoms with van der Waals surface area (Å²) in [6.07, 6.45) is 2.52.